The van der Waals surface area contributed by atoms with Crippen molar-refractivity contribution in [3.8, 4) is 0 Å². The Morgan fingerprint density at radius 1 is 1.38 bits per heavy atom. The van der Waals surface area contributed by atoms with Crippen LogP contribution in [0.1, 0.15) is 19.3 Å². The van der Waals surface area contributed by atoms with E-state index in [2.05, 4.69) is 17.1 Å². The fraction of sp³-hybridized carbons (Fsp3) is 0.600. The molecule has 3 nitrogen and oxygen atoms in total. The molecule has 0 amide bonds. The first kappa shape index (κ1) is 8.48. The van der Waals surface area contributed by atoms with E-state index in [1.165, 1.54) is 0 Å². The topological polar surface area (TPSA) is 49.7 Å². The number of hydrogen-bond acceptors (Lipinski definition) is 2. The van der Waals surface area contributed by atoms with Crippen molar-refractivity contribution in [2.75, 3.05) is 0 Å². The highest BCUT2D eigenvalue weighted by molar-refractivity contribution is 5.89. The van der Waals surface area contributed by atoms with Crippen molar-refractivity contribution in [3.05, 3.63) is 12.2 Å². The molecular weight excluding hydrogens is 166 g/mol. The Bertz CT molecular complexity index is 270. The van der Waals surface area contributed by atoms with E-state index >= 15 is 0 Å². The van der Waals surface area contributed by atoms with Crippen LogP contribution in [0.15, 0.2) is 17.1 Å². The van der Waals surface area contributed by atoms with E-state index in [1.54, 1.807) is 6.21 Å². The highest BCUT2D eigenvalue weighted by Gasteiger charge is 2.30. The molecular formula is C10H13NO2. The van der Waals surface area contributed by atoms with E-state index in [0.29, 0.717) is 12.0 Å². The molecule has 2 aliphatic rings. The average Bonchev–Trinajstić information content (AvgIpc) is 2.17. The number of allylic oxidation sites excluding steroid dienone is 1. The van der Waals surface area contributed by atoms with Crippen LogP contribution >= 0.6 is 0 Å². The van der Waals surface area contributed by atoms with Crippen LogP contribution in [0.4, 0.5) is 0 Å². The van der Waals surface area contributed by atoms with Crippen molar-refractivity contribution in [1.82, 2.24) is 0 Å². The Kier molecular flexibility index (Phi) is 2.17. The van der Waals surface area contributed by atoms with Gasteiger partial charge < -0.3 is 5.11 Å². The molecule has 1 aliphatic heterocycles. The van der Waals surface area contributed by atoms with E-state index in [4.69, 9.17) is 5.11 Å². The van der Waals surface area contributed by atoms with E-state index in [0.717, 1.165) is 19.3 Å². The molecule has 2 rings (SSSR count). The van der Waals surface area contributed by atoms with Gasteiger partial charge in [0.15, 0.2) is 0 Å². The summed E-state index contributed by atoms with van der Waals surface area (Å²) < 4.78 is 0. The minimum absolute atomic E-state index is 0.348. The highest BCUT2D eigenvalue weighted by Crippen LogP contribution is 2.30. The largest absolute Gasteiger partial charge is 0.481 e. The first-order chi connectivity index (χ1) is 6.27. The van der Waals surface area contributed by atoms with Gasteiger partial charge in [0.25, 0.3) is 0 Å². The van der Waals surface area contributed by atoms with Gasteiger partial charge >= 0.3 is 5.97 Å². The van der Waals surface area contributed by atoms with Crippen LogP contribution in [0.2, 0.25) is 0 Å². The van der Waals surface area contributed by atoms with Crippen LogP contribution in [-0.4, -0.2) is 23.3 Å². The van der Waals surface area contributed by atoms with E-state index in [9.17, 15) is 4.79 Å². The van der Waals surface area contributed by atoms with Crippen molar-refractivity contribution in [3.63, 3.8) is 0 Å². The van der Waals surface area contributed by atoms with Crippen molar-refractivity contribution in [2.45, 2.75) is 25.3 Å². The molecule has 0 fully saturated rings. The summed E-state index contributed by atoms with van der Waals surface area (Å²) in [6.07, 6.45) is 8.62. The van der Waals surface area contributed by atoms with Crippen LogP contribution in [0.25, 0.3) is 0 Å². The molecule has 0 radical (unpaired) electrons. The number of carboxylic acids is 1. The minimum atomic E-state index is -0.739. The van der Waals surface area contributed by atoms with Gasteiger partial charge in [-0.2, -0.15) is 0 Å². The number of rotatable bonds is 1. The Balaban J connectivity index is 2.10. The zero-order valence-corrected chi connectivity index (χ0v) is 7.39. The maximum atomic E-state index is 10.7. The third kappa shape index (κ3) is 1.64. The summed E-state index contributed by atoms with van der Waals surface area (Å²) in [4.78, 5) is 15.0. The molecule has 0 saturated carbocycles. The van der Waals surface area contributed by atoms with Gasteiger partial charge in [-0.25, -0.2) is 0 Å². The average molecular weight is 179 g/mol. The van der Waals surface area contributed by atoms with Gasteiger partial charge in [-0.3, -0.25) is 9.79 Å². The van der Waals surface area contributed by atoms with Gasteiger partial charge in [-0.1, -0.05) is 12.2 Å². The fourth-order valence-electron chi connectivity index (χ4n) is 2.06. The first-order valence-electron chi connectivity index (χ1n) is 4.68. The SMILES string of the molecule is O=C(O)C1C=NC2CC=CCC2C1. The van der Waals surface area contributed by atoms with Crippen molar-refractivity contribution in [1.29, 1.82) is 0 Å². The molecule has 0 bridgehead atoms. The second kappa shape index (κ2) is 3.32. The summed E-state index contributed by atoms with van der Waals surface area (Å²) in [5, 5.41) is 8.82. The van der Waals surface area contributed by atoms with Crippen molar-refractivity contribution < 1.29 is 9.90 Å². The lowest BCUT2D eigenvalue weighted by molar-refractivity contribution is -0.139. The molecule has 3 heteroatoms. The van der Waals surface area contributed by atoms with Gasteiger partial charge in [0.05, 0.1) is 12.0 Å². The zero-order valence-electron chi connectivity index (χ0n) is 7.39. The molecule has 0 spiro atoms. The van der Waals surface area contributed by atoms with E-state index < -0.39 is 5.97 Å². The molecule has 0 aromatic heterocycles. The minimum Gasteiger partial charge on any atom is -0.481 e. The molecule has 0 aromatic rings. The van der Waals surface area contributed by atoms with Gasteiger partial charge in [-0.15, -0.1) is 0 Å². The van der Waals surface area contributed by atoms with E-state index in [-0.39, 0.29) is 5.92 Å². The number of carbonyl (C=O) groups is 1. The lowest BCUT2D eigenvalue weighted by atomic mass is 9.80. The van der Waals surface area contributed by atoms with Crippen LogP contribution in [0.5, 0.6) is 0 Å². The number of aliphatic imine (C=N–C) groups is 1. The normalized spacial score (nSPS) is 37.1. The summed E-state index contributed by atoms with van der Waals surface area (Å²) in [6, 6.07) is 0.348. The van der Waals surface area contributed by atoms with Gasteiger partial charge in [0, 0.05) is 6.21 Å². The first-order valence-corrected chi connectivity index (χ1v) is 4.68. The standard InChI is InChI=1S/C10H13NO2/c12-10(13)8-5-7-3-1-2-4-9(7)11-6-8/h1-2,6-9H,3-5H2,(H,12,13). The molecule has 13 heavy (non-hydrogen) atoms. The molecule has 1 aliphatic carbocycles. The molecule has 70 valence electrons. The second-order valence-electron chi connectivity index (χ2n) is 3.75. The van der Waals surface area contributed by atoms with Gasteiger partial charge in [0.2, 0.25) is 0 Å². The Morgan fingerprint density at radius 3 is 2.92 bits per heavy atom. The number of carboxylic acid groups (broad SMARTS) is 1. The van der Waals surface area contributed by atoms with Crippen LogP contribution in [-0.2, 0) is 4.79 Å². The van der Waals surface area contributed by atoms with Gasteiger partial charge in [-0.05, 0) is 25.2 Å². The lowest BCUT2D eigenvalue weighted by Crippen LogP contribution is -2.31. The van der Waals surface area contributed by atoms with Crippen molar-refractivity contribution in [2.24, 2.45) is 16.8 Å². The lowest BCUT2D eigenvalue weighted by Gasteiger charge is -2.30. The number of hydrogen-bond donors (Lipinski definition) is 1. The molecule has 3 unspecified atom stereocenters. The van der Waals surface area contributed by atoms with Crippen LogP contribution < -0.4 is 0 Å². The number of nitrogens with zero attached hydrogens (tertiary/aromatic N) is 1. The smallest absolute Gasteiger partial charge is 0.311 e. The predicted octanol–water partition coefficient (Wildman–Crippen LogP) is 1.50. The molecule has 1 N–H and O–H groups in total. The van der Waals surface area contributed by atoms with Crippen LogP contribution in [0.3, 0.4) is 0 Å². The number of aliphatic carboxylic acids is 1. The zero-order chi connectivity index (χ0) is 9.26. The summed E-state index contributed by atoms with van der Waals surface area (Å²) in [5.41, 5.74) is 0. The van der Waals surface area contributed by atoms with E-state index in [1.807, 2.05) is 0 Å². The molecule has 0 saturated heterocycles. The Labute approximate surface area is 77.2 Å². The summed E-state index contributed by atoms with van der Waals surface area (Å²) in [5.74, 6) is -0.638. The Morgan fingerprint density at radius 2 is 2.15 bits per heavy atom. The summed E-state index contributed by atoms with van der Waals surface area (Å²) in [6.45, 7) is 0. The maximum absolute atomic E-state index is 10.7. The molecule has 0 aromatic carbocycles. The number of fused-ring (bicyclic) bond motifs is 1. The Hall–Kier alpha value is -1.12. The van der Waals surface area contributed by atoms with Gasteiger partial charge in [0.1, 0.15) is 0 Å². The van der Waals surface area contributed by atoms with Crippen molar-refractivity contribution >= 4 is 12.2 Å². The monoisotopic (exact) mass is 179 g/mol. The predicted molar refractivity (Wildman–Crippen MR) is 49.9 cm³/mol. The summed E-state index contributed by atoms with van der Waals surface area (Å²) in [7, 11) is 0. The summed E-state index contributed by atoms with van der Waals surface area (Å²) >= 11 is 0. The third-order valence-electron chi connectivity index (χ3n) is 2.86. The third-order valence-corrected chi connectivity index (χ3v) is 2.86. The quantitative estimate of drug-likeness (QED) is 0.620. The molecule has 3 atom stereocenters. The fourth-order valence-corrected chi connectivity index (χ4v) is 2.06. The maximum Gasteiger partial charge on any atom is 0.311 e. The van der Waals surface area contributed by atoms with Crippen LogP contribution in [0, 0.1) is 11.8 Å². The highest BCUT2D eigenvalue weighted by atomic mass is 16.4. The second-order valence-corrected chi connectivity index (χ2v) is 3.75. The molecule has 1 heterocycles.